The second-order valence-corrected chi connectivity index (χ2v) is 6.29. The van der Waals surface area contributed by atoms with E-state index in [9.17, 15) is 4.79 Å². The molecule has 2 atom stereocenters. The smallest absolute Gasteiger partial charge is 0.227 e. The number of piperazine rings is 1. The molecule has 3 rings (SSSR count). The zero-order valence-electron chi connectivity index (χ0n) is 9.89. The van der Waals surface area contributed by atoms with Gasteiger partial charge in [-0.2, -0.15) is 11.8 Å². The Bertz CT molecular complexity index is 279. The van der Waals surface area contributed by atoms with Gasteiger partial charge in [-0.25, -0.2) is 0 Å². The van der Waals surface area contributed by atoms with Gasteiger partial charge in [0.05, 0.1) is 5.92 Å². The summed E-state index contributed by atoms with van der Waals surface area (Å²) >= 11 is 1.91. The summed E-state index contributed by atoms with van der Waals surface area (Å²) in [6.07, 6.45) is 2.46. The van der Waals surface area contributed by atoms with E-state index in [2.05, 4.69) is 16.7 Å². The normalized spacial score (nSPS) is 35.2. The van der Waals surface area contributed by atoms with E-state index >= 15 is 0 Å². The van der Waals surface area contributed by atoms with Crippen LogP contribution in [0.25, 0.3) is 0 Å². The molecule has 2 bridgehead atoms. The van der Waals surface area contributed by atoms with Gasteiger partial charge in [-0.1, -0.05) is 6.92 Å². The molecule has 0 aromatic carbocycles. The molecule has 3 aliphatic heterocycles. The number of likely N-dealkylation sites (tertiary alicyclic amines) is 1. The van der Waals surface area contributed by atoms with Crippen molar-refractivity contribution in [3.63, 3.8) is 0 Å². The van der Waals surface area contributed by atoms with Crippen LogP contribution in [-0.2, 0) is 4.79 Å². The molecule has 3 heterocycles. The molecule has 0 aromatic heterocycles. The van der Waals surface area contributed by atoms with E-state index < -0.39 is 0 Å². The standard InChI is InChI=1S/C12H20N2OS/c1-2-13-5-10-3-4-11(6-13)14(10)12(15)9-7-16-8-9/h9-11H,2-8H2,1H3. The Labute approximate surface area is 102 Å². The highest BCUT2D eigenvalue weighted by atomic mass is 32.2. The Kier molecular flexibility index (Phi) is 2.88. The van der Waals surface area contributed by atoms with E-state index in [0.717, 1.165) is 31.1 Å². The molecule has 0 N–H and O–H groups in total. The summed E-state index contributed by atoms with van der Waals surface area (Å²) in [6.45, 7) is 5.57. The second-order valence-electron chi connectivity index (χ2n) is 5.22. The molecule has 0 aromatic rings. The van der Waals surface area contributed by atoms with Crippen molar-refractivity contribution in [2.75, 3.05) is 31.1 Å². The van der Waals surface area contributed by atoms with Crippen molar-refractivity contribution in [1.82, 2.24) is 9.80 Å². The first-order valence-corrected chi connectivity index (χ1v) is 7.57. The van der Waals surface area contributed by atoms with Crippen LogP contribution < -0.4 is 0 Å². The monoisotopic (exact) mass is 240 g/mol. The molecular formula is C12H20N2OS. The number of hydrogen-bond donors (Lipinski definition) is 0. The van der Waals surface area contributed by atoms with Gasteiger partial charge in [0.25, 0.3) is 0 Å². The third-order valence-electron chi connectivity index (χ3n) is 4.25. The van der Waals surface area contributed by atoms with E-state index in [-0.39, 0.29) is 0 Å². The molecule has 0 aliphatic carbocycles. The molecule has 1 amide bonds. The molecule has 3 nitrogen and oxygen atoms in total. The average Bonchev–Trinajstić information content (AvgIpc) is 2.47. The zero-order chi connectivity index (χ0) is 11.1. The lowest BCUT2D eigenvalue weighted by atomic mass is 10.1. The number of thioether (sulfide) groups is 1. The Morgan fingerprint density at radius 1 is 1.25 bits per heavy atom. The summed E-state index contributed by atoms with van der Waals surface area (Å²) in [5.74, 6) is 2.93. The number of fused-ring (bicyclic) bond motifs is 2. The number of nitrogens with zero attached hydrogens (tertiary/aromatic N) is 2. The summed E-state index contributed by atoms with van der Waals surface area (Å²) in [7, 11) is 0. The minimum atomic E-state index is 0.348. The number of amides is 1. The first-order chi connectivity index (χ1) is 7.79. The van der Waals surface area contributed by atoms with E-state index in [4.69, 9.17) is 0 Å². The third kappa shape index (κ3) is 1.66. The zero-order valence-corrected chi connectivity index (χ0v) is 10.7. The van der Waals surface area contributed by atoms with Gasteiger partial charge in [0.15, 0.2) is 0 Å². The highest BCUT2D eigenvalue weighted by Gasteiger charge is 2.44. The van der Waals surface area contributed by atoms with Crippen LogP contribution in [0.15, 0.2) is 0 Å². The van der Waals surface area contributed by atoms with Crippen molar-refractivity contribution in [3.8, 4) is 0 Å². The van der Waals surface area contributed by atoms with Crippen molar-refractivity contribution >= 4 is 17.7 Å². The number of likely N-dealkylation sites (N-methyl/N-ethyl adjacent to an activating group) is 1. The Hall–Kier alpha value is -0.220. The van der Waals surface area contributed by atoms with E-state index in [1.165, 1.54) is 12.8 Å². The molecule has 3 aliphatic rings. The van der Waals surface area contributed by atoms with Crippen molar-refractivity contribution in [2.45, 2.75) is 31.8 Å². The average molecular weight is 240 g/mol. The molecule has 0 spiro atoms. The molecule has 3 fully saturated rings. The van der Waals surface area contributed by atoms with Gasteiger partial charge in [0, 0.05) is 36.7 Å². The molecule has 2 unspecified atom stereocenters. The second kappa shape index (κ2) is 4.22. The maximum Gasteiger partial charge on any atom is 0.227 e. The lowest BCUT2D eigenvalue weighted by molar-refractivity contribution is -0.140. The maximum atomic E-state index is 12.3. The maximum absolute atomic E-state index is 12.3. The van der Waals surface area contributed by atoms with E-state index in [1.54, 1.807) is 0 Å². The lowest BCUT2D eigenvalue weighted by Gasteiger charge is -2.43. The van der Waals surface area contributed by atoms with Crippen LogP contribution in [0.1, 0.15) is 19.8 Å². The van der Waals surface area contributed by atoms with E-state index in [0.29, 0.717) is 23.9 Å². The Morgan fingerprint density at radius 3 is 2.31 bits per heavy atom. The number of carbonyl (C=O) groups excluding carboxylic acids is 1. The summed E-state index contributed by atoms with van der Waals surface area (Å²) in [5, 5.41) is 0. The summed E-state index contributed by atoms with van der Waals surface area (Å²) < 4.78 is 0. The fourth-order valence-electron chi connectivity index (χ4n) is 3.20. The number of hydrogen-bond acceptors (Lipinski definition) is 3. The highest BCUT2D eigenvalue weighted by Crippen LogP contribution is 2.35. The first kappa shape index (κ1) is 10.9. The van der Waals surface area contributed by atoms with Gasteiger partial charge in [0.1, 0.15) is 0 Å². The van der Waals surface area contributed by atoms with Crippen molar-refractivity contribution in [3.05, 3.63) is 0 Å². The molecule has 3 saturated heterocycles. The van der Waals surface area contributed by atoms with Crippen LogP contribution in [0, 0.1) is 5.92 Å². The van der Waals surface area contributed by atoms with Gasteiger partial charge >= 0.3 is 0 Å². The van der Waals surface area contributed by atoms with Gasteiger partial charge in [-0.15, -0.1) is 0 Å². The van der Waals surface area contributed by atoms with Crippen molar-refractivity contribution in [1.29, 1.82) is 0 Å². The quantitative estimate of drug-likeness (QED) is 0.721. The fourth-order valence-corrected chi connectivity index (χ4v) is 3.95. The van der Waals surface area contributed by atoms with Crippen LogP contribution in [0.4, 0.5) is 0 Å². The minimum absolute atomic E-state index is 0.348. The van der Waals surface area contributed by atoms with Gasteiger partial charge in [0.2, 0.25) is 5.91 Å². The van der Waals surface area contributed by atoms with Gasteiger partial charge < -0.3 is 4.90 Å². The predicted molar refractivity (Wildman–Crippen MR) is 66.6 cm³/mol. The highest BCUT2D eigenvalue weighted by molar-refractivity contribution is 8.00. The third-order valence-corrected chi connectivity index (χ3v) is 5.52. The van der Waals surface area contributed by atoms with Gasteiger partial charge in [-0.3, -0.25) is 9.69 Å². The number of rotatable bonds is 2. The summed E-state index contributed by atoms with van der Waals surface area (Å²) in [5.41, 5.74) is 0. The number of carbonyl (C=O) groups is 1. The largest absolute Gasteiger partial charge is 0.334 e. The molecule has 16 heavy (non-hydrogen) atoms. The van der Waals surface area contributed by atoms with Gasteiger partial charge in [-0.05, 0) is 19.4 Å². The lowest BCUT2D eigenvalue weighted by Crippen LogP contribution is -2.58. The fraction of sp³-hybridized carbons (Fsp3) is 0.917. The van der Waals surface area contributed by atoms with Crippen LogP contribution in [0.5, 0.6) is 0 Å². The van der Waals surface area contributed by atoms with Crippen LogP contribution in [0.2, 0.25) is 0 Å². The molecule has 0 saturated carbocycles. The SMILES string of the molecule is CCN1CC2CCC(C1)N2C(=O)C1CSC1. The first-order valence-electron chi connectivity index (χ1n) is 6.42. The molecule has 4 heteroatoms. The summed E-state index contributed by atoms with van der Waals surface area (Å²) in [6, 6.07) is 1.05. The molecule has 90 valence electrons. The van der Waals surface area contributed by atoms with Crippen LogP contribution in [0.3, 0.4) is 0 Å². The van der Waals surface area contributed by atoms with Crippen molar-refractivity contribution < 1.29 is 4.79 Å². The molecular weight excluding hydrogens is 220 g/mol. The summed E-state index contributed by atoms with van der Waals surface area (Å²) in [4.78, 5) is 17.1. The Morgan fingerprint density at radius 2 is 1.88 bits per heavy atom. The van der Waals surface area contributed by atoms with Crippen molar-refractivity contribution in [2.24, 2.45) is 5.92 Å². The topological polar surface area (TPSA) is 23.6 Å². The molecule has 0 radical (unpaired) electrons. The van der Waals surface area contributed by atoms with Crippen LogP contribution >= 0.6 is 11.8 Å². The Balaban J connectivity index is 1.70. The van der Waals surface area contributed by atoms with Crippen LogP contribution in [-0.4, -0.2) is 58.9 Å². The predicted octanol–water partition coefficient (Wildman–Crippen LogP) is 1.04. The van der Waals surface area contributed by atoms with E-state index in [1.807, 2.05) is 11.8 Å². The minimum Gasteiger partial charge on any atom is -0.334 e.